The van der Waals surface area contributed by atoms with Gasteiger partial charge in [-0.2, -0.15) is 4.98 Å². The highest BCUT2D eigenvalue weighted by atomic mass is 16.6. The van der Waals surface area contributed by atoms with E-state index in [2.05, 4.69) is 10.1 Å². The van der Waals surface area contributed by atoms with Gasteiger partial charge in [0.25, 0.3) is 5.89 Å². The second kappa shape index (κ2) is 7.96. The lowest BCUT2D eigenvalue weighted by Gasteiger charge is -2.56. The number of benzene rings is 1. The Hall–Kier alpha value is -2.70. The van der Waals surface area contributed by atoms with Gasteiger partial charge in [0, 0.05) is 12.1 Å². The first-order valence-electron chi connectivity index (χ1n) is 12.4. The first-order chi connectivity index (χ1) is 16.0. The Bertz CT molecular complexity index is 1040. The minimum absolute atomic E-state index is 0.0758. The molecule has 1 aromatic carbocycles. The summed E-state index contributed by atoms with van der Waals surface area (Å²) in [7, 11) is 0. The number of rotatable bonds is 5. The van der Waals surface area contributed by atoms with Gasteiger partial charge in [-0.25, -0.2) is 4.79 Å². The van der Waals surface area contributed by atoms with Gasteiger partial charge < -0.3 is 14.2 Å². The molecule has 33 heavy (non-hydrogen) atoms. The zero-order valence-electron chi connectivity index (χ0n) is 19.2. The molecule has 7 heteroatoms. The molecule has 0 spiro atoms. The maximum atomic E-state index is 13.8. The van der Waals surface area contributed by atoms with Gasteiger partial charge in [-0.1, -0.05) is 29.4 Å². The van der Waals surface area contributed by atoms with Crippen LogP contribution in [0.5, 0.6) is 0 Å². The molecule has 1 atom stereocenters. The number of likely N-dealkylation sites (tertiary alicyclic amines) is 1. The number of amides is 1. The van der Waals surface area contributed by atoms with E-state index in [4.69, 9.17) is 9.26 Å². The average molecular weight is 450 g/mol. The molecule has 1 saturated heterocycles. The predicted octanol–water partition coefficient (Wildman–Crippen LogP) is 4.30. The smallest absolute Gasteiger partial charge is 0.329 e. The fraction of sp³-hybridized carbons (Fsp3) is 0.615. The highest BCUT2D eigenvalue weighted by Gasteiger charge is 2.57. The van der Waals surface area contributed by atoms with Gasteiger partial charge in [0.15, 0.2) is 6.61 Å². The Balaban J connectivity index is 1.12. The van der Waals surface area contributed by atoms with Crippen molar-refractivity contribution in [2.24, 2.45) is 23.2 Å². The Kier molecular flexibility index (Phi) is 5.03. The van der Waals surface area contributed by atoms with E-state index in [0.29, 0.717) is 36.5 Å². The summed E-state index contributed by atoms with van der Waals surface area (Å²) in [5, 5.41) is 4.03. The van der Waals surface area contributed by atoms with Gasteiger partial charge in [0.2, 0.25) is 11.7 Å². The number of hydrogen-bond acceptors (Lipinski definition) is 6. The van der Waals surface area contributed by atoms with Crippen molar-refractivity contribution < 1.29 is 18.8 Å². The maximum absolute atomic E-state index is 13.8. The van der Waals surface area contributed by atoms with Crippen LogP contribution in [0.3, 0.4) is 0 Å². The summed E-state index contributed by atoms with van der Waals surface area (Å²) in [6.07, 6.45) is 8.44. The molecule has 1 aliphatic heterocycles. The zero-order chi connectivity index (χ0) is 22.6. The maximum Gasteiger partial charge on any atom is 0.329 e. The van der Waals surface area contributed by atoms with Gasteiger partial charge in [0.05, 0.1) is 5.41 Å². The van der Waals surface area contributed by atoms with Crippen LogP contribution < -0.4 is 0 Å². The number of carbonyl (C=O) groups excluding carboxylic acids is 2. The van der Waals surface area contributed by atoms with Crippen molar-refractivity contribution >= 4 is 11.9 Å². The number of aromatic nitrogens is 2. The second-order valence-electron chi connectivity index (χ2n) is 10.8. The summed E-state index contributed by atoms with van der Waals surface area (Å²) in [5.74, 6) is 2.70. The van der Waals surface area contributed by atoms with E-state index in [1.807, 2.05) is 36.1 Å². The molecule has 1 unspecified atom stereocenters. The molecule has 1 aromatic heterocycles. The fourth-order valence-corrected chi connectivity index (χ4v) is 7.41. The Morgan fingerprint density at radius 3 is 2.52 bits per heavy atom. The fourth-order valence-electron chi connectivity index (χ4n) is 7.41. The normalized spacial score (nSPS) is 32.3. The van der Waals surface area contributed by atoms with Gasteiger partial charge >= 0.3 is 5.97 Å². The number of carbonyl (C=O) groups is 2. The summed E-state index contributed by atoms with van der Waals surface area (Å²) in [4.78, 5) is 33.0. The standard InChI is InChI=1S/C26H31N3O4/c1-16-5-2-3-6-20(16)23-27-22(33-28-23)15-32-24(30)21-7-4-8-29(21)25(31)26-12-17-9-18(13-26)11-19(10-17)14-26/h2-3,5-6,17-19,21H,4,7-15H2,1H3. The van der Waals surface area contributed by atoms with E-state index in [-0.39, 0.29) is 29.8 Å². The van der Waals surface area contributed by atoms with Crippen molar-refractivity contribution in [3.8, 4) is 11.4 Å². The van der Waals surface area contributed by atoms with E-state index in [1.54, 1.807) is 0 Å². The third-order valence-corrected chi connectivity index (χ3v) is 8.47. The molecule has 4 bridgehead atoms. The quantitative estimate of drug-likeness (QED) is 0.633. The summed E-state index contributed by atoms with van der Waals surface area (Å²) < 4.78 is 10.9. The van der Waals surface area contributed by atoms with E-state index in [9.17, 15) is 9.59 Å². The van der Waals surface area contributed by atoms with Crippen molar-refractivity contribution in [3.63, 3.8) is 0 Å². The molecule has 2 aromatic rings. The Labute approximate surface area is 193 Å². The highest BCUT2D eigenvalue weighted by Crippen LogP contribution is 2.60. The summed E-state index contributed by atoms with van der Waals surface area (Å²) in [6, 6.07) is 7.31. The molecule has 5 aliphatic rings. The van der Waals surface area contributed by atoms with E-state index in [0.717, 1.165) is 36.8 Å². The number of hydrogen-bond donors (Lipinski definition) is 0. The molecule has 0 N–H and O–H groups in total. The molecular formula is C26H31N3O4. The van der Waals surface area contributed by atoms with Gasteiger partial charge in [0.1, 0.15) is 6.04 Å². The van der Waals surface area contributed by atoms with Gasteiger partial charge in [-0.3, -0.25) is 4.79 Å². The van der Waals surface area contributed by atoms with E-state index < -0.39 is 6.04 Å². The molecule has 7 nitrogen and oxygen atoms in total. The van der Waals surface area contributed by atoms with Crippen LogP contribution in [0.1, 0.15) is 62.8 Å². The molecule has 4 saturated carbocycles. The van der Waals surface area contributed by atoms with Crippen molar-refractivity contribution in [2.75, 3.05) is 6.54 Å². The number of ether oxygens (including phenoxy) is 1. The molecule has 2 heterocycles. The van der Waals surface area contributed by atoms with Crippen molar-refractivity contribution in [1.82, 2.24) is 15.0 Å². The van der Waals surface area contributed by atoms with Gasteiger partial charge in [-0.05, 0) is 81.6 Å². The lowest BCUT2D eigenvalue weighted by atomic mass is 9.49. The molecule has 7 rings (SSSR count). The highest BCUT2D eigenvalue weighted by molar-refractivity contribution is 5.89. The van der Waals surface area contributed by atoms with Gasteiger partial charge in [-0.15, -0.1) is 0 Å². The van der Waals surface area contributed by atoms with Crippen molar-refractivity contribution in [3.05, 3.63) is 35.7 Å². The lowest BCUT2D eigenvalue weighted by molar-refractivity contribution is -0.166. The number of aryl methyl sites for hydroxylation is 1. The minimum atomic E-state index is -0.496. The molecule has 4 aliphatic carbocycles. The average Bonchev–Trinajstić information content (AvgIpc) is 3.46. The number of esters is 1. The van der Waals surface area contributed by atoms with Crippen molar-refractivity contribution in [2.45, 2.75) is 70.9 Å². The van der Waals surface area contributed by atoms with Crippen LogP contribution in [0.25, 0.3) is 11.4 Å². The van der Waals surface area contributed by atoms with Crippen LogP contribution in [-0.2, 0) is 20.9 Å². The van der Waals surface area contributed by atoms with Crippen LogP contribution in [-0.4, -0.2) is 39.5 Å². The van der Waals surface area contributed by atoms with E-state index in [1.165, 1.54) is 19.3 Å². The topological polar surface area (TPSA) is 85.5 Å². The summed E-state index contributed by atoms with van der Waals surface area (Å²) in [6.45, 7) is 2.56. The third-order valence-electron chi connectivity index (χ3n) is 8.47. The SMILES string of the molecule is Cc1ccccc1-c1noc(COC(=O)C2CCCN2C(=O)C23CC4CC(CC(C4)C2)C3)n1. The van der Waals surface area contributed by atoms with Crippen LogP contribution in [0, 0.1) is 30.1 Å². The summed E-state index contributed by atoms with van der Waals surface area (Å²) >= 11 is 0. The Morgan fingerprint density at radius 1 is 1.12 bits per heavy atom. The Morgan fingerprint density at radius 2 is 1.82 bits per heavy atom. The van der Waals surface area contributed by atoms with Crippen LogP contribution in [0.2, 0.25) is 0 Å². The first-order valence-corrected chi connectivity index (χ1v) is 12.4. The van der Waals surface area contributed by atoms with Crippen LogP contribution in [0.4, 0.5) is 0 Å². The van der Waals surface area contributed by atoms with Crippen molar-refractivity contribution in [1.29, 1.82) is 0 Å². The van der Waals surface area contributed by atoms with E-state index >= 15 is 0 Å². The van der Waals surface area contributed by atoms with Crippen LogP contribution >= 0.6 is 0 Å². The third kappa shape index (κ3) is 3.65. The monoisotopic (exact) mass is 449 g/mol. The molecular weight excluding hydrogens is 418 g/mol. The summed E-state index contributed by atoms with van der Waals surface area (Å²) in [5.41, 5.74) is 1.71. The number of nitrogens with zero attached hydrogens (tertiary/aromatic N) is 3. The second-order valence-corrected chi connectivity index (χ2v) is 10.8. The molecule has 174 valence electrons. The predicted molar refractivity (Wildman–Crippen MR) is 120 cm³/mol. The molecule has 0 radical (unpaired) electrons. The zero-order valence-corrected chi connectivity index (χ0v) is 19.2. The lowest BCUT2D eigenvalue weighted by Crippen LogP contribution is -2.56. The molecule has 1 amide bonds. The minimum Gasteiger partial charge on any atom is -0.454 e. The largest absolute Gasteiger partial charge is 0.454 e. The first kappa shape index (κ1) is 20.9. The van der Waals surface area contributed by atoms with Crippen LogP contribution in [0.15, 0.2) is 28.8 Å². The molecule has 5 fully saturated rings.